The van der Waals surface area contributed by atoms with Crippen LogP contribution in [0.2, 0.25) is 0 Å². The first-order valence-corrected chi connectivity index (χ1v) is 14.7. The van der Waals surface area contributed by atoms with E-state index in [1.54, 1.807) is 33.2 Å². The van der Waals surface area contributed by atoms with E-state index >= 15 is 0 Å². The van der Waals surface area contributed by atoms with Crippen LogP contribution in [0.3, 0.4) is 0 Å². The first kappa shape index (κ1) is 31.0. The molecule has 4 atom stereocenters. The van der Waals surface area contributed by atoms with Gasteiger partial charge in [0, 0.05) is 57.1 Å². The van der Waals surface area contributed by atoms with E-state index in [1.807, 2.05) is 4.90 Å². The van der Waals surface area contributed by atoms with Gasteiger partial charge in [-0.25, -0.2) is 0 Å². The fourth-order valence-electron chi connectivity index (χ4n) is 5.58. The number of nitrogens with zero attached hydrogens (tertiary/aromatic N) is 2. The summed E-state index contributed by atoms with van der Waals surface area (Å²) in [5.41, 5.74) is 0.716. The first-order chi connectivity index (χ1) is 19.5. The SMILES string of the molecule is CC(CC(=O)CN1CCOCC1)C(=O)NC(Cc1ccn(C)c(=O)c1)C(=O)CC(CC1=CCCC1)C(=O)C1(C)CO1. The van der Waals surface area contributed by atoms with Gasteiger partial charge in [0.25, 0.3) is 5.56 Å². The monoisotopic (exact) mass is 569 g/mol. The molecule has 1 aromatic rings. The molecule has 1 aromatic heterocycles. The van der Waals surface area contributed by atoms with Gasteiger partial charge in [-0.3, -0.25) is 28.9 Å². The Balaban J connectivity index is 1.46. The summed E-state index contributed by atoms with van der Waals surface area (Å²) in [5.74, 6) is -1.98. The molecule has 3 aliphatic rings. The molecule has 41 heavy (non-hydrogen) atoms. The van der Waals surface area contributed by atoms with Crippen molar-refractivity contribution in [3.8, 4) is 0 Å². The number of hydrogen-bond acceptors (Lipinski definition) is 8. The van der Waals surface area contributed by atoms with Crippen LogP contribution in [-0.2, 0) is 42.1 Å². The summed E-state index contributed by atoms with van der Waals surface area (Å²) >= 11 is 0. The van der Waals surface area contributed by atoms with Gasteiger partial charge in [-0.1, -0.05) is 18.6 Å². The molecule has 2 saturated heterocycles. The largest absolute Gasteiger partial charge is 0.379 e. The lowest BCUT2D eigenvalue weighted by atomic mass is 9.83. The number of hydrogen-bond donors (Lipinski definition) is 1. The van der Waals surface area contributed by atoms with Crippen LogP contribution in [0.5, 0.6) is 0 Å². The molecule has 4 rings (SSSR count). The number of nitrogens with one attached hydrogen (secondary N) is 1. The highest BCUT2D eigenvalue weighted by Crippen LogP contribution is 2.35. The number of aromatic nitrogens is 1. The molecule has 3 heterocycles. The van der Waals surface area contributed by atoms with Crippen molar-refractivity contribution in [2.45, 2.75) is 70.4 Å². The van der Waals surface area contributed by atoms with E-state index < -0.39 is 29.4 Å². The number of rotatable bonds is 15. The Labute approximate surface area is 241 Å². The van der Waals surface area contributed by atoms with E-state index in [2.05, 4.69) is 11.4 Å². The van der Waals surface area contributed by atoms with Crippen LogP contribution >= 0.6 is 0 Å². The van der Waals surface area contributed by atoms with Crippen LogP contribution in [0.1, 0.15) is 57.9 Å². The lowest BCUT2D eigenvalue weighted by molar-refractivity contribution is -0.134. The van der Waals surface area contributed by atoms with Crippen molar-refractivity contribution in [2.24, 2.45) is 18.9 Å². The van der Waals surface area contributed by atoms with Gasteiger partial charge >= 0.3 is 0 Å². The van der Waals surface area contributed by atoms with Crippen molar-refractivity contribution in [3.05, 3.63) is 45.9 Å². The number of morpholine rings is 1. The van der Waals surface area contributed by atoms with Crippen molar-refractivity contribution < 1.29 is 28.7 Å². The van der Waals surface area contributed by atoms with Gasteiger partial charge in [0.1, 0.15) is 11.4 Å². The van der Waals surface area contributed by atoms with Crippen LogP contribution in [0.15, 0.2) is 34.8 Å². The molecule has 0 bridgehead atoms. The maximum atomic E-state index is 13.8. The van der Waals surface area contributed by atoms with Gasteiger partial charge in [-0.2, -0.15) is 0 Å². The van der Waals surface area contributed by atoms with Gasteiger partial charge in [-0.05, 0) is 50.7 Å². The van der Waals surface area contributed by atoms with Crippen molar-refractivity contribution in [2.75, 3.05) is 39.5 Å². The number of carbonyl (C=O) groups is 4. The zero-order chi connectivity index (χ0) is 29.6. The number of amides is 1. The lowest BCUT2D eigenvalue weighted by Gasteiger charge is -2.26. The molecule has 1 amide bonds. The van der Waals surface area contributed by atoms with Crippen LogP contribution in [-0.4, -0.2) is 83.8 Å². The van der Waals surface area contributed by atoms with Crippen LogP contribution < -0.4 is 10.9 Å². The van der Waals surface area contributed by atoms with Gasteiger partial charge in [0.05, 0.1) is 32.4 Å². The second kappa shape index (κ2) is 13.8. The summed E-state index contributed by atoms with van der Waals surface area (Å²) in [5, 5.41) is 2.86. The zero-order valence-electron chi connectivity index (χ0n) is 24.5. The molecule has 0 radical (unpaired) electrons. The molecular weight excluding hydrogens is 526 g/mol. The first-order valence-electron chi connectivity index (χ1n) is 14.7. The lowest BCUT2D eigenvalue weighted by Crippen LogP contribution is -2.46. The number of allylic oxidation sites excluding steroid dienone is 2. The standard InChI is InChI=1S/C31H43N3O7/c1-21(14-25(35)19-34-10-12-40-13-11-34)30(39)32-26(16-23-8-9-33(3)28(37)17-23)27(36)18-24(15-22-6-4-5-7-22)29(38)31(2)20-41-31/h6,8-9,17,21,24,26H,4-5,7,10-16,18-20H2,1-3H3,(H,32,39). The summed E-state index contributed by atoms with van der Waals surface area (Å²) < 4.78 is 12.2. The van der Waals surface area contributed by atoms with Crippen molar-refractivity contribution >= 4 is 23.3 Å². The molecule has 0 spiro atoms. The number of Topliss-reactive ketones (excluding diaryl/α,β-unsaturated/α-hetero) is 3. The van der Waals surface area contributed by atoms with Crippen LogP contribution in [0.25, 0.3) is 0 Å². The van der Waals surface area contributed by atoms with E-state index in [0.29, 0.717) is 44.9 Å². The zero-order valence-corrected chi connectivity index (χ0v) is 24.5. The summed E-state index contributed by atoms with van der Waals surface area (Å²) in [6, 6.07) is 2.26. The fraction of sp³-hybridized carbons (Fsp3) is 0.645. The maximum absolute atomic E-state index is 13.8. The Kier molecular flexibility index (Phi) is 10.4. The molecule has 0 saturated carbocycles. The van der Waals surface area contributed by atoms with Gasteiger partial charge in [0.2, 0.25) is 5.91 Å². The highest BCUT2D eigenvalue weighted by atomic mass is 16.6. The Bertz CT molecular complexity index is 1230. The van der Waals surface area contributed by atoms with Crippen molar-refractivity contribution in [3.63, 3.8) is 0 Å². The quantitative estimate of drug-likeness (QED) is 0.250. The third-order valence-electron chi connectivity index (χ3n) is 8.36. The summed E-state index contributed by atoms with van der Waals surface area (Å²) in [4.78, 5) is 67.3. The summed E-state index contributed by atoms with van der Waals surface area (Å²) in [6.07, 6.45) is 7.35. The van der Waals surface area contributed by atoms with E-state index in [1.165, 1.54) is 16.2 Å². The molecule has 0 aromatic carbocycles. The summed E-state index contributed by atoms with van der Waals surface area (Å²) in [6.45, 7) is 6.57. The topological polar surface area (TPSA) is 127 Å². The van der Waals surface area contributed by atoms with Gasteiger partial charge in [0.15, 0.2) is 11.6 Å². The minimum atomic E-state index is -0.938. The number of epoxide rings is 1. The average molecular weight is 570 g/mol. The molecular formula is C31H43N3O7. The van der Waals surface area contributed by atoms with E-state index in [-0.39, 0.29) is 48.7 Å². The molecule has 4 unspecified atom stereocenters. The maximum Gasteiger partial charge on any atom is 0.250 e. The normalized spacial score (nSPS) is 22.9. The Hall–Kier alpha value is -2.95. The van der Waals surface area contributed by atoms with Crippen LogP contribution in [0, 0.1) is 11.8 Å². The highest BCUT2D eigenvalue weighted by molar-refractivity contribution is 5.97. The van der Waals surface area contributed by atoms with E-state index in [9.17, 15) is 24.0 Å². The van der Waals surface area contributed by atoms with Crippen molar-refractivity contribution in [1.29, 1.82) is 0 Å². The van der Waals surface area contributed by atoms with Gasteiger partial charge < -0.3 is 19.4 Å². The molecule has 1 N–H and O–H groups in total. The summed E-state index contributed by atoms with van der Waals surface area (Å²) in [7, 11) is 1.64. The number of carbonyl (C=O) groups excluding carboxylic acids is 4. The minimum Gasteiger partial charge on any atom is -0.379 e. The number of ketones is 3. The third kappa shape index (κ3) is 8.77. The third-order valence-corrected chi connectivity index (χ3v) is 8.36. The van der Waals surface area contributed by atoms with Gasteiger partial charge in [-0.15, -0.1) is 0 Å². The Morgan fingerprint density at radius 1 is 1.12 bits per heavy atom. The predicted octanol–water partition coefficient (Wildman–Crippen LogP) is 1.77. The number of ether oxygens (including phenoxy) is 2. The van der Waals surface area contributed by atoms with Crippen LogP contribution in [0.4, 0.5) is 0 Å². The average Bonchev–Trinajstić information content (AvgIpc) is 3.48. The molecule has 224 valence electrons. The Morgan fingerprint density at radius 3 is 2.49 bits per heavy atom. The second-order valence-corrected chi connectivity index (χ2v) is 12.0. The molecule has 10 heteroatoms. The Morgan fingerprint density at radius 2 is 1.85 bits per heavy atom. The van der Waals surface area contributed by atoms with E-state index in [0.717, 1.165) is 19.3 Å². The predicted molar refractivity (Wildman–Crippen MR) is 152 cm³/mol. The fourth-order valence-corrected chi connectivity index (χ4v) is 5.58. The molecule has 10 nitrogen and oxygen atoms in total. The highest BCUT2D eigenvalue weighted by Gasteiger charge is 2.50. The molecule has 2 aliphatic heterocycles. The second-order valence-electron chi connectivity index (χ2n) is 12.0. The minimum absolute atomic E-state index is 0.0325. The number of aryl methyl sites for hydroxylation is 1. The number of pyridine rings is 1. The van der Waals surface area contributed by atoms with E-state index in [4.69, 9.17) is 9.47 Å². The molecule has 2 fully saturated rings. The molecule has 1 aliphatic carbocycles. The smallest absolute Gasteiger partial charge is 0.250 e. The van der Waals surface area contributed by atoms with Crippen molar-refractivity contribution in [1.82, 2.24) is 14.8 Å².